The van der Waals surface area contributed by atoms with Crippen LogP contribution in [0.15, 0.2) is 30.3 Å². The lowest BCUT2D eigenvalue weighted by Crippen LogP contribution is -2.53. The molecular formula is C15H24ClN3O2. The van der Waals surface area contributed by atoms with Gasteiger partial charge in [0.2, 0.25) is 0 Å². The van der Waals surface area contributed by atoms with Crippen LogP contribution in [-0.2, 0) is 9.53 Å². The molecule has 2 rings (SSSR count). The van der Waals surface area contributed by atoms with Crippen LogP contribution in [0.25, 0.3) is 0 Å². The van der Waals surface area contributed by atoms with E-state index in [9.17, 15) is 4.79 Å². The summed E-state index contributed by atoms with van der Waals surface area (Å²) in [4.78, 5) is 16.7. The van der Waals surface area contributed by atoms with E-state index in [-0.39, 0.29) is 30.9 Å². The van der Waals surface area contributed by atoms with Crippen LogP contribution in [0.4, 0.5) is 0 Å². The summed E-state index contributed by atoms with van der Waals surface area (Å²) in [6, 6.07) is 10.2. The molecule has 1 aromatic carbocycles. The monoisotopic (exact) mass is 313 g/mol. The average molecular weight is 314 g/mol. The Morgan fingerprint density at radius 2 is 2.05 bits per heavy atom. The predicted molar refractivity (Wildman–Crippen MR) is 85.5 cm³/mol. The molecule has 1 amide bonds. The molecule has 1 aromatic rings. The van der Waals surface area contributed by atoms with Crippen molar-refractivity contribution in [1.82, 2.24) is 9.80 Å². The quantitative estimate of drug-likeness (QED) is 0.897. The van der Waals surface area contributed by atoms with E-state index in [1.165, 1.54) is 7.11 Å². The fourth-order valence-corrected chi connectivity index (χ4v) is 2.63. The Bertz CT molecular complexity index is 440. The van der Waals surface area contributed by atoms with E-state index >= 15 is 0 Å². The van der Waals surface area contributed by atoms with Crippen LogP contribution in [-0.4, -0.2) is 62.1 Å². The summed E-state index contributed by atoms with van der Waals surface area (Å²) < 4.78 is 5.20. The van der Waals surface area contributed by atoms with Gasteiger partial charge in [-0.15, -0.1) is 12.4 Å². The van der Waals surface area contributed by atoms with E-state index in [0.717, 1.165) is 18.7 Å². The smallest absolute Gasteiger partial charge is 0.253 e. The van der Waals surface area contributed by atoms with Gasteiger partial charge < -0.3 is 20.3 Å². The molecule has 2 atom stereocenters. The molecule has 0 spiro atoms. The molecule has 2 N–H and O–H groups in total. The first kappa shape index (κ1) is 17.9. The molecule has 1 saturated heterocycles. The lowest BCUT2D eigenvalue weighted by atomic mass is 10.0. The highest BCUT2D eigenvalue weighted by molar-refractivity contribution is 5.85. The number of hydrogen-bond donors (Lipinski definition) is 1. The Balaban J connectivity index is 0.00000220. The molecule has 0 aromatic heterocycles. The fraction of sp³-hybridized carbons (Fsp3) is 0.533. The maximum absolute atomic E-state index is 12.6. The summed E-state index contributed by atoms with van der Waals surface area (Å²) in [5.41, 5.74) is 6.77. The Morgan fingerprint density at radius 1 is 1.38 bits per heavy atom. The second kappa shape index (κ2) is 8.34. The normalized spacial score (nSPS) is 20.7. The van der Waals surface area contributed by atoms with Crippen LogP contribution in [0.3, 0.4) is 0 Å². The molecule has 1 fully saturated rings. The number of hydrogen-bond acceptors (Lipinski definition) is 4. The number of benzene rings is 1. The molecule has 21 heavy (non-hydrogen) atoms. The molecule has 0 aliphatic carbocycles. The molecular weight excluding hydrogens is 290 g/mol. The van der Waals surface area contributed by atoms with Gasteiger partial charge in [-0.1, -0.05) is 30.3 Å². The number of nitrogens with zero attached hydrogens (tertiary/aromatic N) is 2. The number of ether oxygens (including phenoxy) is 1. The van der Waals surface area contributed by atoms with Crippen molar-refractivity contribution in [3.63, 3.8) is 0 Å². The van der Waals surface area contributed by atoms with Crippen molar-refractivity contribution in [2.45, 2.75) is 12.1 Å². The molecule has 1 aliphatic heterocycles. The fourth-order valence-electron chi connectivity index (χ4n) is 2.63. The predicted octanol–water partition coefficient (Wildman–Crippen LogP) is 0.897. The number of carbonyl (C=O) groups excluding carboxylic acids is 1. The number of nitrogens with two attached hydrogens (primary N) is 1. The van der Waals surface area contributed by atoms with E-state index in [2.05, 4.69) is 24.1 Å². The lowest BCUT2D eigenvalue weighted by Gasteiger charge is -2.41. The van der Waals surface area contributed by atoms with E-state index in [0.29, 0.717) is 6.54 Å². The number of methoxy groups -OCH3 is 1. The third kappa shape index (κ3) is 4.17. The van der Waals surface area contributed by atoms with Crippen molar-refractivity contribution in [2.75, 3.05) is 40.3 Å². The van der Waals surface area contributed by atoms with Crippen molar-refractivity contribution in [2.24, 2.45) is 5.73 Å². The second-order valence-corrected chi connectivity index (χ2v) is 5.18. The van der Waals surface area contributed by atoms with Gasteiger partial charge in [0.15, 0.2) is 0 Å². The summed E-state index contributed by atoms with van der Waals surface area (Å²) in [6.07, 6.45) is -0.551. The van der Waals surface area contributed by atoms with Crippen molar-refractivity contribution in [3.8, 4) is 0 Å². The standard InChI is InChI=1S/C15H23N3O2.ClH/c1-17-8-9-18(15(19)14(10-16)20-2)13(11-17)12-6-4-3-5-7-12;/h3-7,13-14H,8-11,16H2,1-2H3;1H. The molecule has 0 bridgehead atoms. The van der Waals surface area contributed by atoms with E-state index in [1.807, 2.05) is 23.1 Å². The maximum atomic E-state index is 12.6. The average Bonchev–Trinajstić information content (AvgIpc) is 2.49. The van der Waals surface area contributed by atoms with Gasteiger partial charge in [0.05, 0.1) is 6.04 Å². The molecule has 1 aliphatic rings. The summed E-state index contributed by atoms with van der Waals surface area (Å²) in [5.74, 6) is -0.0167. The highest BCUT2D eigenvalue weighted by Crippen LogP contribution is 2.25. The largest absolute Gasteiger partial charge is 0.370 e. The van der Waals surface area contributed by atoms with Gasteiger partial charge in [0, 0.05) is 33.3 Å². The minimum Gasteiger partial charge on any atom is -0.370 e. The molecule has 1 heterocycles. The first-order valence-corrected chi connectivity index (χ1v) is 6.94. The zero-order valence-corrected chi connectivity index (χ0v) is 13.4. The zero-order chi connectivity index (χ0) is 14.5. The maximum Gasteiger partial charge on any atom is 0.253 e. The van der Waals surface area contributed by atoms with Crippen molar-refractivity contribution in [1.29, 1.82) is 0 Å². The van der Waals surface area contributed by atoms with Crippen LogP contribution in [0, 0.1) is 0 Å². The number of piperazine rings is 1. The van der Waals surface area contributed by atoms with Gasteiger partial charge in [-0.3, -0.25) is 4.79 Å². The number of amides is 1. The number of rotatable bonds is 4. The van der Waals surface area contributed by atoms with Gasteiger partial charge in [-0.05, 0) is 12.6 Å². The first-order chi connectivity index (χ1) is 9.67. The molecule has 118 valence electrons. The van der Waals surface area contributed by atoms with E-state index < -0.39 is 6.10 Å². The highest BCUT2D eigenvalue weighted by atomic mass is 35.5. The van der Waals surface area contributed by atoms with Gasteiger partial charge >= 0.3 is 0 Å². The first-order valence-electron chi connectivity index (χ1n) is 6.94. The Morgan fingerprint density at radius 3 is 2.62 bits per heavy atom. The highest BCUT2D eigenvalue weighted by Gasteiger charge is 2.33. The van der Waals surface area contributed by atoms with Gasteiger partial charge in [0.1, 0.15) is 6.10 Å². The zero-order valence-electron chi connectivity index (χ0n) is 12.6. The van der Waals surface area contributed by atoms with E-state index in [4.69, 9.17) is 10.5 Å². The summed E-state index contributed by atoms with van der Waals surface area (Å²) in [7, 11) is 3.61. The Kier molecular flexibility index (Phi) is 7.11. The van der Waals surface area contributed by atoms with Crippen molar-refractivity contribution < 1.29 is 9.53 Å². The van der Waals surface area contributed by atoms with Crippen LogP contribution < -0.4 is 5.73 Å². The molecule has 2 unspecified atom stereocenters. The van der Waals surface area contributed by atoms with Crippen molar-refractivity contribution >= 4 is 18.3 Å². The number of carbonyl (C=O) groups is 1. The molecule has 5 nitrogen and oxygen atoms in total. The molecule has 0 radical (unpaired) electrons. The number of likely N-dealkylation sites (N-methyl/N-ethyl adjacent to an activating group) is 1. The van der Waals surface area contributed by atoms with Gasteiger partial charge in [-0.2, -0.15) is 0 Å². The second-order valence-electron chi connectivity index (χ2n) is 5.18. The Hall–Kier alpha value is -1.14. The Labute approximate surface area is 132 Å². The summed E-state index contributed by atoms with van der Waals surface area (Å²) in [6.45, 7) is 2.62. The third-order valence-electron chi connectivity index (χ3n) is 3.82. The van der Waals surface area contributed by atoms with Crippen LogP contribution >= 0.6 is 12.4 Å². The minimum atomic E-state index is -0.551. The SMILES string of the molecule is COC(CN)C(=O)N1CCN(C)CC1c1ccccc1.Cl. The number of halogens is 1. The van der Waals surface area contributed by atoms with Crippen LogP contribution in [0.1, 0.15) is 11.6 Å². The van der Waals surface area contributed by atoms with Gasteiger partial charge in [0.25, 0.3) is 5.91 Å². The topological polar surface area (TPSA) is 58.8 Å². The van der Waals surface area contributed by atoms with Crippen molar-refractivity contribution in [3.05, 3.63) is 35.9 Å². The minimum absolute atomic E-state index is 0. The summed E-state index contributed by atoms with van der Waals surface area (Å²) in [5, 5.41) is 0. The van der Waals surface area contributed by atoms with Crippen LogP contribution in [0.5, 0.6) is 0 Å². The van der Waals surface area contributed by atoms with Gasteiger partial charge in [-0.25, -0.2) is 0 Å². The third-order valence-corrected chi connectivity index (χ3v) is 3.82. The summed E-state index contributed by atoms with van der Waals surface area (Å²) >= 11 is 0. The molecule has 6 heteroatoms. The molecule has 0 saturated carbocycles. The van der Waals surface area contributed by atoms with E-state index in [1.54, 1.807) is 0 Å². The lowest BCUT2D eigenvalue weighted by molar-refractivity contribution is -0.146. The van der Waals surface area contributed by atoms with Crippen LogP contribution in [0.2, 0.25) is 0 Å².